The van der Waals surface area contributed by atoms with Crippen molar-refractivity contribution in [1.29, 1.82) is 0 Å². The van der Waals surface area contributed by atoms with E-state index in [-0.39, 0.29) is 0 Å². The van der Waals surface area contributed by atoms with Gasteiger partial charge in [-0.05, 0) is 38.0 Å². The molecule has 3 heteroatoms. The van der Waals surface area contributed by atoms with E-state index in [4.69, 9.17) is 5.73 Å². The molecule has 0 spiro atoms. The molecule has 1 aromatic heterocycles. The van der Waals surface area contributed by atoms with E-state index in [2.05, 4.69) is 29.0 Å². The van der Waals surface area contributed by atoms with Crippen molar-refractivity contribution >= 4 is 10.9 Å². The van der Waals surface area contributed by atoms with Crippen molar-refractivity contribution in [2.75, 3.05) is 0 Å². The summed E-state index contributed by atoms with van der Waals surface area (Å²) in [4.78, 5) is 0. The summed E-state index contributed by atoms with van der Waals surface area (Å²) in [6.07, 6.45) is 2.80. The van der Waals surface area contributed by atoms with Gasteiger partial charge in [0.25, 0.3) is 0 Å². The summed E-state index contributed by atoms with van der Waals surface area (Å²) in [6.45, 7) is 5.06. The van der Waals surface area contributed by atoms with E-state index < -0.39 is 5.60 Å². The third-order valence-corrected chi connectivity index (χ3v) is 3.09. The molecule has 2 aromatic rings. The summed E-state index contributed by atoms with van der Waals surface area (Å²) < 4.78 is 2.17. The lowest BCUT2D eigenvalue weighted by Crippen LogP contribution is -2.20. The molecule has 0 unspecified atom stereocenters. The first-order valence-electron chi connectivity index (χ1n) is 6.00. The predicted molar refractivity (Wildman–Crippen MR) is 70.7 cm³/mol. The Bertz CT molecular complexity index is 508. The van der Waals surface area contributed by atoms with Crippen LogP contribution in [0.4, 0.5) is 0 Å². The van der Waals surface area contributed by atoms with E-state index in [1.807, 2.05) is 19.9 Å². The van der Waals surface area contributed by atoms with E-state index in [1.165, 1.54) is 16.5 Å². The summed E-state index contributed by atoms with van der Waals surface area (Å²) in [5, 5.41) is 11.0. The van der Waals surface area contributed by atoms with E-state index in [9.17, 15) is 5.11 Å². The SMILES string of the molecule is CC(C)(O)CCn1ccc2c(CN)cccc21. The molecule has 1 aromatic carbocycles. The lowest BCUT2D eigenvalue weighted by Gasteiger charge is -2.17. The third kappa shape index (κ3) is 2.68. The molecule has 17 heavy (non-hydrogen) atoms. The van der Waals surface area contributed by atoms with Gasteiger partial charge in [0.05, 0.1) is 5.60 Å². The van der Waals surface area contributed by atoms with Gasteiger partial charge in [-0.25, -0.2) is 0 Å². The molecule has 0 saturated heterocycles. The molecule has 0 amide bonds. The van der Waals surface area contributed by atoms with Gasteiger partial charge in [0, 0.05) is 30.2 Å². The first-order chi connectivity index (χ1) is 8.01. The third-order valence-electron chi connectivity index (χ3n) is 3.09. The van der Waals surface area contributed by atoms with Gasteiger partial charge in [0.15, 0.2) is 0 Å². The van der Waals surface area contributed by atoms with Crippen LogP contribution in [0.15, 0.2) is 30.5 Å². The molecule has 3 nitrogen and oxygen atoms in total. The lowest BCUT2D eigenvalue weighted by atomic mass is 10.1. The fourth-order valence-electron chi connectivity index (χ4n) is 2.05. The summed E-state index contributed by atoms with van der Waals surface area (Å²) in [7, 11) is 0. The van der Waals surface area contributed by atoms with Crippen LogP contribution in [0, 0.1) is 0 Å². The normalized spacial score (nSPS) is 12.2. The highest BCUT2D eigenvalue weighted by Gasteiger charge is 2.13. The quantitative estimate of drug-likeness (QED) is 0.849. The molecular formula is C14H20N2O. The molecule has 0 atom stereocenters. The maximum atomic E-state index is 9.76. The van der Waals surface area contributed by atoms with E-state index >= 15 is 0 Å². The monoisotopic (exact) mass is 232 g/mol. The van der Waals surface area contributed by atoms with Crippen molar-refractivity contribution in [3.05, 3.63) is 36.0 Å². The number of fused-ring (bicyclic) bond motifs is 1. The van der Waals surface area contributed by atoms with Crippen LogP contribution in [0.5, 0.6) is 0 Å². The molecule has 0 radical (unpaired) electrons. The van der Waals surface area contributed by atoms with Gasteiger partial charge in [-0.15, -0.1) is 0 Å². The number of hydrogen-bond donors (Lipinski definition) is 2. The number of aliphatic hydroxyl groups is 1. The minimum absolute atomic E-state index is 0.562. The number of nitrogens with two attached hydrogens (primary N) is 1. The van der Waals surface area contributed by atoms with Crippen LogP contribution in [0.1, 0.15) is 25.8 Å². The molecule has 3 N–H and O–H groups in total. The van der Waals surface area contributed by atoms with Gasteiger partial charge >= 0.3 is 0 Å². The zero-order valence-corrected chi connectivity index (χ0v) is 10.5. The lowest BCUT2D eigenvalue weighted by molar-refractivity contribution is 0.0666. The van der Waals surface area contributed by atoms with E-state index in [1.54, 1.807) is 0 Å². The number of nitrogens with zero attached hydrogens (tertiary/aromatic N) is 1. The Morgan fingerprint density at radius 2 is 2.06 bits per heavy atom. The summed E-state index contributed by atoms with van der Waals surface area (Å²) in [5.41, 5.74) is 7.46. The Hall–Kier alpha value is -1.32. The molecule has 0 fully saturated rings. The fraction of sp³-hybridized carbons (Fsp3) is 0.429. The first kappa shape index (κ1) is 12.1. The Labute approximate surface area is 102 Å². The number of rotatable bonds is 4. The van der Waals surface area contributed by atoms with Crippen LogP contribution in [0.2, 0.25) is 0 Å². The van der Waals surface area contributed by atoms with Crippen molar-refractivity contribution in [3.8, 4) is 0 Å². The Kier molecular flexibility index (Phi) is 3.22. The number of benzene rings is 1. The molecule has 0 aliphatic rings. The first-order valence-corrected chi connectivity index (χ1v) is 6.00. The average Bonchev–Trinajstić information content (AvgIpc) is 2.68. The van der Waals surface area contributed by atoms with Gasteiger partial charge in [-0.3, -0.25) is 0 Å². The van der Waals surface area contributed by atoms with Gasteiger partial charge in [-0.1, -0.05) is 12.1 Å². The Morgan fingerprint density at radius 1 is 1.29 bits per heavy atom. The molecule has 92 valence electrons. The smallest absolute Gasteiger partial charge is 0.0608 e. The Morgan fingerprint density at radius 3 is 2.71 bits per heavy atom. The second-order valence-corrected chi connectivity index (χ2v) is 5.13. The summed E-state index contributed by atoms with van der Waals surface area (Å²) >= 11 is 0. The van der Waals surface area contributed by atoms with Gasteiger partial charge in [0.2, 0.25) is 0 Å². The van der Waals surface area contributed by atoms with Crippen LogP contribution in [0.25, 0.3) is 10.9 Å². The van der Waals surface area contributed by atoms with Crippen molar-refractivity contribution in [2.45, 2.75) is 39.0 Å². The number of aromatic nitrogens is 1. The molecule has 2 rings (SSSR count). The second-order valence-electron chi connectivity index (χ2n) is 5.13. The van der Waals surface area contributed by atoms with Crippen LogP contribution in [-0.2, 0) is 13.1 Å². The minimum Gasteiger partial charge on any atom is -0.390 e. The van der Waals surface area contributed by atoms with Crippen molar-refractivity contribution in [1.82, 2.24) is 4.57 Å². The summed E-state index contributed by atoms with van der Waals surface area (Å²) in [5.74, 6) is 0. The fourth-order valence-corrected chi connectivity index (χ4v) is 2.05. The predicted octanol–water partition coefficient (Wildman–Crippen LogP) is 2.26. The molecule has 1 heterocycles. The Balaban J connectivity index is 2.30. The zero-order valence-electron chi connectivity index (χ0n) is 10.5. The highest BCUT2D eigenvalue weighted by atomic mass is 16.3. The second kappa shape index (κ2) is 4.51. The molecular weight excluding hydrogens is 212 g/mol. The highest BCUT2D eigenvalue weighted by Crippen LogP contribution is 2.21. The van der Waals surface area contributed by atoms with Crippen LogP contribution < -0.4 is 5.73 Å². The topological polar surface area (TPSA) is 51.2 Å². The zero-order chi connectivity index (χ0) is 12.5. The van der Waals surface area contributed by atoms with Crippen LogP contribution in [0.3, 0.4) is 0 Å². The minimum atomic E-state index is -0.623. The van der Waals surface area contributed by atoms with Crippen LogP contribution in [-0.4, -0.2) is 15.3 Å². The molecule has 0 saturated carbocycles. The van der Waals surface area contributed by atoms with Crippen molar-refractivity contribution in [2.24, 2.45) is 5.73 Å². The van der Waals surface area contributed by atoms with Gasteiger partial charge in [-0.2, -0.15) is 0 Å². The molecule has 0 bridgehead atoms. The maximum absolute atomic E-state index is 9.76. The van der Waals surface area contributed by atoms with Crippen LogP contribution >= 0.6 is 0 Å². The molecule has 0 aliphatic carbocycles. The van der Waals surface area contributed by atoms with E-state index in [0.29, 0.717) is 6.54 Å². The standard InChI is InChI=1S/C14H20N2O/c1-14(2,17)7-9-16-8-6-12-11(10-15)4-3-5-13(12)16/h3-6,8,17H,7,9-10,15H2,1-2H3. The summed E-state index contributed by atoms with van der Waals surface area (Å²) in [6, 6.07) is 8.29. The number of hydrogen-bond acceptors (Lipinski definition) is 2. The number of aryl methyl sites for hydroxylation is 1. The van der Waals surface area contributed by atoms with Gasteiger partial charge in [0.1, 0.15) is 0 Å². The van der Waals surface area contributed by atoms with E-state index in [0.717, 1.165) is 13.0 Å². The molecule has 0 aliphatic heterocycles. The van der Waals surface area contributed by atoms with Gasteiger partial charge < -0.3 is 15.4 Å². The largest absolute Gasteiger partial charge is 0.390 e. The van der Waals surface area contributed by atoms with Crippen molar-refractivity contribution in [3.63, 3.8) is 0 Å². The average molecular weight is 232 g/mol. The van der Waals surface area contributed by atoms with Crippen molar-refractivity contribution < 1.29 is 5.11 Å². The highest BCUT2D eigenvalue weighted by molar-refractivity contribution is 5.83. The maximum Gasteiger partial charge on any atom is 0.0608 e.